The van der Waals surface area contributed by atoms with Gasteiger partial charge in [-0.05, 0) is 42.5 Å². The van der Waals surface area contributed by atoms with Gasteiger partial charge in [-0.3, -0.25) is 14.7 Å². The minimum Gasteiger partial charge on any atom is -0.506 e. The molecule has 1 amide bonds. The summed E-state index contributed by atoms with van der Waals surface area (Å²) < 4.78 is 10.5. The number of aromatic hydroxyl groups is 1. The lowest BCUT2D eigenvalue weighted by molar-refractivity contribution is 0.0983. The number of aromatic nitrogens is 1. The average Bonchev–Trinajstić information content (AvgIpc) is 2.72. The Labute approximate surface area is 157 Å². The lowest BCUT2D eigenvalue weighted by Crippen LogP contribution is -2.30. The molecule has 1 heterocycles. The summed E-state index contributed by atoms with van der Waals surface area (Å²) in [7, 11) is 3.05. The van der Waals surface area contributed by atoms with E-state index in [1.54, 1.807) is 48.7 Å². The summed E-state index contributed by atoms with van der Waals surface area (Å²) in [6.45, 7) is 0.214. The number of carbonyl (C=O) groups excluding carboxylic acids is 1. The Morgan fingerprint density at radius 2 is 1.74 bits per heavy atom. The van der Waals surface area contributed by atoms with Crippen LogP contribution in [0.4, 0.5) is 5.69 Å². The Balaban J connectivity index is 2.02. The maximum absolute atomic E-state index is 13.3. The number of benzene rings is 2. The molecular weight excluding hydrogens is 344 g/mol. The van der Waals surface area contributed by atoms with Gasteiger partial charge >= 0.3 is 0 Å². The second-order valence-corrected chi connectivity index (χ2v) is 5.77. The summed E-state index contributed by atoms with van der Waals surface area (Å²) in [5.41, 5.74) is 1.52. The van der Waals surface area contributed by atoms with Gasteiger partial charge in [-0.1, -0.05) is 18.2 Å². The number of ether oxygens (including phenoxy) is 2. The molecule has 0 unspecified atom stereocenters. The summed E-state index contributed by atoms with van der Waals surface area (Å²) in [5, 5.41) is 10.3. The number of rotatable bonds is 6. The lowest BCUT2D eigenvalue weighted by atomic mass is 10.1. The number of anilines is 1. The van der Waals surface area contributed by atoms with Crippen LogP contribution in [-0.2, 0) is 6.54 Å². The van der Waals surface area contributed by atoms with Gasteiger partial charge in [0.25, 0.3) is 5.91 Å². The molecule has 0 spiro atoms. The number of nitrogens with zero attached hydrogens (tertiary/aromatic N) is 2. The molecule has 1 N–H and O–H groups in total. The van der Waals surface area contributed by atoms with Crippen molar-refractivity contribution < 1.29 is 19.4 Å². The third kappa shape index (κ3) is 4.00. The molecule has 6 heteroatoms. The number of phenols is 1. The minimum absolute atomic E-state index is 0.0160. The van der Waals surface area contributed by atoms with Gasteiger partial charge in [-0.15, -0.1) is 0 Å². The Morgan fingerprint density at radius 3 is 2.41 bits per heavy atom. The molecule has 0 atom stereocenters. The highest BCUT2D eigenvalue weighted by Crippen LogP contribution is 2.32. The fraction of sp³-hybridized carbons (Fsp3) is 0.143. The first-order valence-corrected chi connectivity index (χ1v) is 8.36. The van der Waals surface area contributed by atoms with Crippen molar-refractivity contribution in [2.24, 2.45) is 0 Å². The van der Waals surface area contributed by atoms with Crippen molar-refractivity contribution in [1.82, 2.24) is 4.98 Å². The third-order valence-corrected chi connectivity index (χ3v) is 4.09. The van der Waals surface area contributed by atoms with Crippen molar-refractivity contribution in [2.75, 3.05) is 19.1 Å². The normalized spacial score (nSPS) is 10.3. The van der Waals surface area contributed by atoms with Crippen LogP contribution >= 0.6 is 0 Å². The van der Waals surface area contributed by atoms with Crippen LogP contribution in [-0.4, -0.2) is 30.2 Å². The van der Waals surface area contributed by atoms with Crippen LogP contribution in [0.2, 0.25) is 0 Å². The summed E-state index contributed by atoms with van der Waals surface area (Å²) >= 11 is 0. The van der Waals surface area contributed by atoms with E-state index in [4.69, 9.17) is 9.47 Å². The van der Waals surface area contributed by atoms with E-state index in [0.717, 1.165) is 0 Å². The summed E-state index contributed by atoms with van der Waals surface area (Å²) in [5.74, 6) is 0.719. The van der Waals surface area contributed by atoms with E-state index in [2.05, 4.69) is 4.98 Å². The van der Waals surface area contributed by atoms with Crippen molar-refractivity contribution in [3.8, 4) is 17.2 Å². The van der Waals surface area contributed by atoms with Gasteiger partial charge in [0.15, 0.2) is 11.5 Å². The molecule has 0 aliphatic rings. The summed E-state index contributed by atoms with van der Waals surface area (Å²) in [6, 6.07) is 17.2. The Kier molecular flexibility index (Phi) is 5.56. The molecule has 0 aliphatic heterocycles. The van der Waals surface area contributed by atoms with E-state index in [9.17, 15) is 9.90 Å². The number of amides is 1. The molecule has 138 valence electrons. The van der Waals surface area contributed by atoms with Gasteiger partial charge in [-0.2, -0.15) is 0 Å². The second kappa shape index (κ2) is 8.23. The Bertz CT molecular complexity index is 928. The van der Waals surface area contributed by atoms with Crippen LogP contribution in [0.5, 0.6) is 17.2 Å². The van der Waals surface area contributed by atoms with Gasteiger partial charge in [0.2, 0.25) is 0 Å². The SMILES string of the molecule is COc1ccc(C(=O)N(Cc2ccccn2)c2ccccc2O)cc1OC. The third-order valence-electron chi connectivity index (χ3n) is 4.09. The van der Waals surface area contributed by atoms with Crippen LogP contribution < -0.4 is 14.4 Å². The van der Waals surface area contributed by atoms with Crippen molar-refractivity contribution in [2.45, 2.75) is 6.54 Å². The van der Waals surface area contributed by atoms with Gasteiger partial charge in [-0.25, -0.2) is 0 Å². The number of hydrogen-bond acceptors (Lipinski definition) is 5. The number of para-hydroxylation sites is 2. The van der Waals surface area contributed by atoms with Crippen molar-refractivity contribution in [1.29, 1.82) is 0 Å². The molecule has 0 saturated heterocycles. The van der Waals surface area contributed by atoms with E-state index < -0.39 is 0 Å². The quantitative estimate of drug-likeness (QED) is 0.723. The number of methoxy groups -OCH3 is 2. The highest BCUT2D eigenvalue weighted by atomic mass is 16.5. The maximum atomic E-state index is 13.3. The van der Waals surface area contributed by atoms with E-state index in [-0.39, 0.29) is 18.2 Å². The van der Waals surface area contributed by atoms with Crippen molar-refractivity contribution >= 4 is 11.6 Å². The monoisotopic (exact) mass is 364 g/mol. The molecule has 0 radical (unpaired) electrons. The van der Waals surface area contributed by atoms with Gasteiger partial charge < -0.3 is 14.6 Å². The van der Waals surface area contributed by atoms with Gasteiger partial charge in [0.1, 0.15) is 5.75 Å². The molecular formula is C21H20N2O4. The highest BCUT2D eigenvalue weighted by molar-refractivity contribution is 6.07. The standard InChI is InChI=1S/C21H20N2O4/c1-26-19-11-10-15(13-20(19)27-2)21(25)23(14-16-7-5-6-12-22-16)17-8-3-4-9-18(17)24/h3-13,24H,14H2,1-2H3. The molecule has 0 saturated carbocycles. The first kappa shape index (κ1) is 18.3. The van der Waals surface area contributed by atoms with E-state index >= 15 is 0 Å². The van der Waals surface area contributed by atoms with E-state index in [1.807, 2.05) is 18.2 Å². The van der Waals surface area contributed by atoms with E-state index in [1.165, 1.54) is 19.1 Å². The summed E-state index contributed by atoms with van der Waals surface area (Å²) in [6.07, 6.45) is 1.67. The van der Waals surface area contributed by atoms with E-state index in [0.29, 0.717) is 28.4 Å². The number of carbonyl (C=O) groups is 1. The number of pyridine rings is 1. The van der Waals surface area contributed by atoms with Gasteiger partial charge in [0.05, 0.1) is 32.1 Å². The Hall–Kier alpha value is -3.54. The smallest absolute Gasteiger partial charge is 0.258 e. The zero-order chi connectivity index (χ0) is 19.2. The molecule has 3 rings (SSSR count). The van der Waals surface area contributed by atoms with Crippen LogP contribution in [0.3, 0.4) is 0 Å². The predicted octanol–water partition coefficient (Wildman–Crippen LogP) is 3.65. The number of hydrogen-bond donors (Lipinski definition) is 1. The van der Waals surface area contributed by atoms with Crippen LogP contribution in [0.15, 0.2) is 66.9 Å². The van der Waals surface area contributed by atoms with Crippen LogP contribution in [0, 0.1) is 0 Å². The first-order chi connectivity index (χ1) is 13.1. The largest absolute Gasteiger partial charge is 0.506 e. The summed E-state index contributed by atoms with van der Waals surface area (Å²) in [4.78, 5) is 19.0. The first-order valence-electron chi connectivity index (χ1n) is 8.36. The molecule has 0 fully saturated rings. The second-order valence-electron chi connectivity index (χ2n) is 5.77. The topological polar surface area (TPSA) is 71.9 Å². The molecule has 6 nitrogen and oxygen atoms in total. The minimum atomic E-state index is -0.289. The zero-order valence-corrected chi connectivity index (χ0v) is 15.1. The van der Waals surface area contributed by atoms with Crippen LogP contribution in [0.1, 0.15) is 16.1 Å². The highest BCUT2D eigenvalue weighted by Gasteiger charge is 2.22. The Morgan fingerprint density at radius 1 is 1.00 bits per heavy atom. The predicted molar refractivity (Wildman–Crippen MR) is 102 cm³/mol. The van der Waals surface area contributed by atoms with Crippen molar-refractivity contribution in [3.63, 3.8) is 0 Å². The van der Waals surface area contributed by atoms with Gasteiger partial charge in [0, 0.05) is 11.8 Å². The average molecular weight is 364 g/mol. The number of phenolic OH excluding ortho intramolecular Hbond substituents is 1. The fourth-order valence-electron chi connectivity index (χ4n) is 2.74. The van der Waals surface area contributed by atoms with Crippen molar-refractivity contribution in [3.05, 3.63) is 78.1 Å². The zero-order valence-electron chi connectivity index (χ0n) is 15.1. The molecule has 0 bridgehead atoms. The molecule has 3 aromatic rings. The van der Waals surface area contributed by atoms with Crippen LogP contribution in [0.25, 0.3) is 0 Å². The molecule has 27 heavy (non-hydrogen) atoms. The maximum Gasteiger partial charge on any atom is 0.258 e. The molecule has 1 aromatic heterocycles. The lowest BCUT2D eigenvalue weighted by Gasteiger charge is -2.24. The fourth-order valence-corrected chi connectivity index (χ4v) is 2.74. The molecule has 0 aliphatic carbocycles. The molecule has 2 aromatic carbocycles.